The summed E-state index contributed by atoms with van der Waals surface area (Å²) in [6, 6.07) is 0. The SMILES string of the molecule is CC1=CNC2SCCN12. The predicted molar refractivity (Wildman–Crippen MR) is 39.8 cm³/mol. The maximum atomic E-state index is 3.30. The third-order valence-corrected chi connectivity index (χ3v) is 2.90. The number of rotatable bonds is 0. The number of hydrogen-bond donors (Lipinski definition) is 1. The van der Waals surface area contributed by atoms with Crippen LogP contribution in [0.1, 0.15) is 6.92 Å². The third kappa shape index (κ3) is 0.713. The first-order chi connectivity index (χ1) is 4.38. The van der Waals surface area contributed by atoms with Gasteiger partial charge in [-0.25, -0.2) is 0 Å². The molecule has 0 aromatic carbocycles. The fraction of sp³-hybridized carbons (Fsp3) is 0.667. The predicted octanol–water partition coefficient (Wildman–Crippen LogP) is 0.783. The summed E-state index contributed by atoms with van der Waals surface area (Å²) in [6.45, 7) is 3.36. The number of hydrogen-bond acceptors (Lipinski definition) is 3. The van der Waals surface area contributed by atoms with E-state index in [4.69, 9.17) is 0 Å². The Balaban J connectivity index is 2.16. The van der Waals surface area contributed by atoms with Crippen molar-refractivity contribution in [2.45, 2.75) is 12.4 Å². The van der Waals surface area contributed by atoms with Crippen LogP contribution >= 0.6 is 11.8 Å². The molecule has 1 fully saturated rings. The van der Waals surface area contributed by atoms with E-state index in [0.29, 0.717) is 5.50 Å². The molecule has 2 rings (SSSR count). The molecule has 3 heteroatoms. The first-order valence-corrected chi connectivity index (χ1v) is 4.24. The molecular weight excluding hydrogens is 132 g/mol. The molecular formula is C6H10N2S. The lowest BCUT2D eigenvalue weighted by atomic mass is 10.5. The van der Waals surface area contributed by atoms with E-state index in [9.17, 15) is 0 Å². The fourth-order valence-corrected chi connectivity index (χ4v) is 2.39. The lowest BCUT2D eigenvalue weighted by Crippen LogP contribution is -2.27. The highest BCUT2D eigenvalue weighted by atomic mass is 32.2. The average molecular weight is 142 g/mol. The molecule has 0 bridgehead atoms. The second-order valence-electron chi connectivity index (χ2n) is 2.37. The van der Waals surface area contributed by atoms with Gasteiger partial charge in [-0.15, -0.1) is 11.8 Å². The van der Waals surface area contributed by atoms with Crippen LogP contribution in [0.2, 0.25) is 0 Å². The quantitative estimate of drug-likeness (QED) is 0.538. The molecule has 0 spiro atoms. The van der Waals surface area contributed by atoms with Gasteiger partial charge in [0.25, 0.3) is 0 Å². The summed E-state index contributed by atoms with van der Waals surface area (Å²) < 4.78 is 0. The molecule has 1 unspecified atom stereocenters. The van der Waals surface area contributed by atoms with E-state index in [-0.39, 0.29) is 0 Å². The topological polar surface area (TPSA) is 15.3 Å². The lowest BCUT2D eigenvalue weighted by molar-refractivity contribution is 0.377. The van der Waals surface area contributed by atoms with Crippen LogP contribution in [-0.2, 0) is 0 Å². The number of thioether (sulfide) groups is 1. The number of allylic oxidation sites excluding steroid dienone is 1. The van der Waals surface area contributed by atoms with Crippen LogP contribution in [0.25, 0.3) is 0 Å². The highest BCUT2D eigenvalue weighted by Gasteiger charge is 2.27. The summed E-state index contributed by atoms with van der Waals surface area (Å²) in [6.07, 6.45) is 2.09. The van der Waals surface area contributed by atoms with E-state index < -0.39 is 0 Å². The Kier molecular flexibility index (Phi) is 1.12. The smallest absolute Gasteiger partial charge is 0.147 e. The van der Waals surface area contributed by atoms with Crippen LogP contribution in [-0.4, -0.2) is 22.7 Å². The molecule has 0 radical (unpaired) electrons. The van der Waals surface area contributed by atoms with Crippen molar-refractivity contribution < 1.29 is 0 Å². The van der Waals surface area contributed by atoms with E-state index in [1.54, 1.807) is 0 Å². The number of fused-ring (bicyclic) bond motifs is 1. The minimum atomic E-state index is 0.560. The molecule has 0 aromatic heterocycles. The van der Waals surface area contributed by atoms with Crippen molar-refractivity contribution in [3.63, 3.8) is 0 Å². The molecule has 9 heavy (non-hydrogen) atoms. The molecule has 1 atom stereocenters. The number of nitrogens with zero attached hydrogens (tertiary/aromatic N) is 1. The van der Waals surface area contributed by atoms with Crippen molar-refractivity contribution in [1.29, 1.82) is 0 Å². The molecule has 1 N–H and O–H groups in total. The van der Waals surface area contributed by atoms with Gasteiger partial charge in [0.15, 0.2) is 0 Å². The van der Waals surface area contributed by atoms with Gasteiger partial charge in [0, 0.05) is 24.2 Å². The van der Waals surface area contributed by atoms with Crippen LogP contribution in [0.5, 0.6) is 0 Å². The van der Waals surface area contributed by atoms with Gasteiger partial charge in [0.1, 0.15) is 5.50 Å². The zero-order valence-corrected chi connectivity index (χ0v) is 6.24. The molecule has 0 saturated carbocycles. The van der Waals surface area contributed by atoms with Gasteiger partial charge in [-0.05, 0) is 6.92 Å². The Morgan fingerprint density at radius 1 is 1.89 bits per heavy atom. The summed E-state index contributed by atoms with van der Waals surface area (Å²) in [4.78, 5) is 2.39. The third-order valence-electron chi connectivity index (χ3n) is 1.78. The first-order valence-electron chi connectivity index (χ1n) is 3.19. The summed E-state index contributed by atoms with van der Waals surface area (Å²) in [5.74, 6) is 1.27. The Labute approximate surface area is 59.3 Å². The summed E-state index contributed by atoms with van der Waals surface area (Å²) in [7, 11) is 0. The first kappa shape index (κ1) is 5.47. The van der Waals surface area contributed by atoms with Crippen LogP contribution in [0.3, 0.4) is 0 Å². The van der Waals surface area contributed by atoms with Gasteiger partial charge in [-0.1, -0.05) is 0 Å². The molecule has 0 aromatic rings. The van der Waals surface area contributed by atoms with Crippen LogP contribution in [0.4, 0.5) is 0 Å². The zero-order chi connectivity index (χ0) is 6.27. The van der Waals surface area contributed by atoms with Gasteiger partial charge in [0.05, 0.1) is 0 Å². The van der Waals surface area contributed by atoms with Crippen molar-refractivity contribution in [3.05, 3.63) is 11.9 Å². The average Bonchev–Trinajstić information content (AvgIpc) is 2.35. The molecule has 2 heterocycles. The molecule has 1 saturated heterocycles. The molecule has 2 aliphatic heterocycles. The van der Waals surface area contributed by atoms with Gasteiger partial charge in [0.2, 0.25) is 0 Å². The Hall–Kier alpha value is -0.310. The van der Waals surface area contributed by atoms with Crippen molar-refractivity contribution in [1.82, 2.24) is 10.2 Å². The van der Waals surface area contributed by atoms with E-state index >= 15 is 0 Å². The normalized spacial score (nSPS) is 31.9. The van der Waals surface area contributed by atoms with Crippen LogP contribution in [0, 0.1) is 0 Å². The van der Waals surface area contributed by atoms with Crippen molar-refractivity contribution in [2.75, 3.05) is 12.3 Å². The van der Waals surface area contributed by atoms with Gasteiger partial charge in [-0.3, -0.25) is 0 Å². The lowest BCUT2D eigenvalue weighted by Gasteiger charge is -2.17. The maximum absolute atomic E-state index is 3.30. The Bertz CT molecular complexity index is 155. The second-order valence-corrected chi connectivity index (χ2v) is 3.56. The van der Waals surface area contributed by atoms with Crippen LogP contribution < -0.4 is 5.32 Å². The molecule has 2 nitrogen and oxygen atoms in total. The summed E-state index contributed by atoms with van der Waals surface area (Å²) in [5, 5.41) is 3.30. The van der Waals surface area contributed by atoms with Crippen molar-refractivity contribution in [3.8, 4) is 0 Å². The number of nitrogens with one attached hydrogen (secondary N) is 1. The van der Waals surface area contributed by atoms with E-state index in [1.807, 2.05) is 11.8 Å². The van der Waals surface area contributed by atoms with E-state index in [2.05, 4.69) is 23.3 Å². The van der Waals surface area contributed by atoms with E-state index in [1.165, 1.54) is 18.0 Å². The van der Waals surface area contributed by atoms with Gasteiger partial charge in [-0.2, -0.15) is 0 Å². The van der Waals surface area contributed by atoms with Gasteiger partial charge < -0.3 is 10.2 Å². The standard InChI is InChI=1S/C6H10N2S/c1-5-4-7-6-8(5)2-3-9-6/h4,6-7H,2-3H2,1H3. The molecule has 0 amide bonds. The van der Waals surface area contributed by atoms with Gasteiger partial charge >= 0.3 is 0 Å². The summed E-state index contributed by atoms with van der Waals surface area (Å²) in [5.41, 5.74) is 1.94. The monoisotopic (exact) mass is 142 g/mol. The minimum absolute atomic E-state index is 0.560. The Morgan fingerprint density at radius 2 is 2.78 bits per heavy atom. The second kappa shape index (κ2) is 1.84. The maximum Gasteiger partial charge on any atom is 0.147 e. The molecule has 0 aliphatic carbocycles. The van der Waals surface area contributed by atoms with Crippen molar-refractivity contribution >= 4 is 11.8 Å². The molecule has 50 valence electrons. The fourth-order valence-electron chi connectivity index (χ4n) is 1.24. The minimum Gasteiger partial charge on any atom is -0.361 e. The zero-order valence-electron chi connectivity index (χ0n) is 5.42. The Morgan fingerprint density at radius 3 is 3.56 bits per heavy atom. The summed E-state index contributed by atoms with van der Waals surface area (Å²) >= 11 is 1.98. The van der Waals surface area contributed by atoms with E-state index in [0.717, 1.165) is 0 Å². The highest BCUT2D eigenvalue weighted by molar-refractivity contribution is 8.00. The van der Waals surface area contributed by atoms with Crippen LogP contribution in [0.15, 0.2) is 11.9 Å². The van der Waals surface area contributed by atoms with Crippen molar-refractivity contribution in [2.24, 2.45) is 0 Å². The molecule has 2 aliphatic rings. The highest BCUT2D eigenvalue weighted by Crippen LogP contribution is 2.28. The largest absolute Gasteiger partial charge is 0.361 e.